The van der Waals surface area contributed by atoms with Gasteiger partial charge in [0.2, 0.25) is 0 Å². The number of thiocarbonyl (C=S) groups is 1. The van der Waals surface area contributed by atoms with E-state index in [-0.39, 0.29) is 5.11 Å². The molecule has 0 radical (unpaired) electrons. The lowest BCUT2D eigenvalue weighted by Gasteiger charge is -1.93. The van der Waals surface area contributed by atoms with E-state index in [2.05, 4.69) is 41.8 Å². The number of nitrogens with one attached hydrogen (secondary N) is 1. The van der Waals surface area contributed by atoms with Crippen molar-refractivity contribution < 1.29 is 0 Å². The van der Waals surface area contributed by atoms with Gasteiger partial charge in [0.05, 0.1) is 0 Å². The molecular formula is C11H13N3S. The second-order valence-electron chi connectivity index (χ2n) is 3.02. The average Bonchev–Trinajstić information content (AvgIpc) is 2.20. The standard InChI is InChI=1S/C11H13N3S/c1-9-4-6-10(7-5-9)3-2-8-13-14-11(12)15/h2-8H,1H3,(H3,12,14,15). The molecule has 0 fully saturated rings. The van der Waals surface area contributed by atoms with Crippen LogP contribution in [-0.2, 0) is 0 Å². The maximum atomic E-state index is 5.18. The Morgan fingerprint density at radius 3 is 2.67 bits per heavy atom. The van der Waals surface area contributed by atoms with E-state index in [0.717, 1.165) is 5.56 Å². The van der Waals surface area contributed by atoms with Crippen molar-refractivity contribution in [2.24, 2.45) is 10.8 Å². The molecule has 78 valence electrons. The second kappa shape index (κ2) is 5.93. The molecular weight excluding hydrogens is 206 g/mol. The van der Waals surface area contributed by atoms with Crippen LogP contribution in [0.25, 0.3) is 6.08 Å². The van der Waals surface area contributed by atoms with Crippen LogP contribution in [0.2, 0.25) is 0 Å². The molecule has 1 aromatic rings. The third-order valence-corrected chi connectivity index (χ3v) is 1.79. The lowest BCUT2D eigenvalue weighted by atomic mass is 10.1. The summed E-state index contributed by atoms with van der Waals surface area (Å²) in [6.45, 7) is 2.06. The number of hydrogen-bond acceptors (Lipinski definition) is 2. The average molecular weight is 219 g/mol. The number of hydrazone groups is 1. The summed E-state index contributed by atoms with van der Waals surface area (Å²) in [7, 11) is 0. The Morgan fingerprint density at radius 1 is 1.40 bits per heavy atom. The summed E-state index contributed by atoms with van der Waals surface area (Å²) in [5.74, 6) is 0. The van der Waals surface area contributed by atoms with Crippen molar-refractivity contribution >= 4 is 29.6 Å². The van der Waals surface area contributed by atoms with Gasteiger partial charge in [0.1, 0.15) is 0 Å². The lowest BCUT2D eigenvalue weighted by molar-refractivity contribution is 1.04. The van der Waals surface area contributed by atoms with Gasteiger partial charge in [0.25, 0.3) is 0 Å². The van der Waals surface area contributed by atoms with Crippen LogP contribution >= 0.6 is 12.2 Å². The first kappa shape index (κ1) is 11.4. The van der Waals surface area contributed by atoms with Crippen molar-refractivity contribution in [1.29, 1.82) is 0 Å². The van der Waals surface area contributed by atoms with Gasteiger partial charge in [0, 0.05) is 6.21 Å². The van der Waals surface area contributed by atoms with Gasteiger partial charge in [0.15, 0.2) is 5.11 Å². The van der Waals surface area contributed by atoms with Gasteiger partial charge in [-0.1, -0.05) is 35.9 Å². The maximum absolute atomic E-state index is 5.18. The molecule has 0 aliphatic heterocycles. The molecule has 0 unspecified atom stereocenters. The smallest absolute Gasteiger partial charge is 0.184 e. The first-order chi connectivity index (χ1) is 7.18. The van der Waals surface area contributed by atoms with Crippen LogP contribution in [0.1, 0.15) is 11.1 Å². The van der Waals surface area contributed by atoms with Gasteiger partial charge < -0.3 is 5.73 Å². The highest BCUT2D eigenvalue weighted by Crippen LogP contribution is 2.04. The molecule has 0 aromatic heterocycles. The molecule has 0 spiro atoms. The normalized spacial score (nSPS) is 11.0. The Balaban J connectivity index is 2.47. The SMILES string of the molecule is Cc1ccc(C=CC=NNC(N)=S)cc1. The number of aryl methyl sites for hydroxylation is 1. The van der Waals surface area contributed by atoms with Crippen molar-refractivity contribution in [3.05, 3.63) is 41.5 Å². The topological polar surface area (TPSA) is 50.4 Å². The molecule has 3 nitrogen and oxygen atoms in total. The minimum atomic E-state index is 0.162. The predicted molar refractivity (Wildman–Crippen MR) is 68.6 cm³/mol. The molecule has 0 aliphatic carbocycles. The maximum Gasteiger partial charge on any atom is 0.184 e. The number of nitrogens with zero attached hydrogens (tertiary/aromatic N) is 1. The Hall–Kier alpha value is -1.68. The van der Waals surface area contributed by atoms with E-state index in [1.165, 1.54) is 5.56 Å². The molecule has 0 bridgehead atoms. The van der Waals surface area contributed by atoms with Crippen molar-refractivity contribution in [1.82, 2.24) is 5.43 Å². The summed E-state index contributed by atoms with van der Waals surface area (Å²) < 4.78 is 0. The predicted octanol–water partition coefficient (Wildman–Crippen LogP) is 1.83. The third kappa shape index (κ3) is 4.93. The highest BCUT2D eigenvalue weighted by molar-refractivity contribution is 7.80. The molecule has 0 amide bonds. The van der Waals surface area contributed by atoms with E-state index in [1.54, 1.807) is 6.21 Å². The molecule has 15 heavy (non-hydrogen) atoms. The fourth-order valence-electron chi connectivity index (χ4n) is 0.976. The summed E-state index contributed by atoms with van der Waals surface area (Å²) >= 11 is 4.58. The molecule has 0 atom stereocenters. The first-order valence-corrected chi connectivity index (χ1v) is 4.91. The molecule has 1 aromatic carbocycles. The van der Waals surface area contributed by atoms with E-state index in [1.807, 2.05) is 24.3 Å². The van der Waals surface area contributed by atoms with Crippen molar-refractivity contribution in [3.63, 3.8) is 0 Å². The second-order valence-corrected chi connectivity index (χ2v) is 3.46. The van der Waals surface area contributed by atoms with Crippen LogP contribution in [0, 0.1) is 6.92 Å². The summed E-state index contributed by atoms with van der Waals surface area (Å²) in [6, 6.07) is 8.20. The molecule has 0 saturated heterocycles. The quantitative estimate of drug-likeness (QED) is 0.463. The summed E-state index contributed by atoms with van der Waals surface area (Å²) in [5.41, 5.74) is 10.0. The van der Waals surface area contributed by atoms with Crippen LogP contribution in [0.3, 0.4) is 0 Å². The summed E-state index contributed by atoms with van der Waals surface area (Å²) in [4.78, 5) is 0. The van der Waals surface area contributed by atoms with Gasteiger partial charge in [-0.25, -0.2) is 0 Å². The van der Waals surface area contributed by atoms with E-state index < -0.39 is 0 Å². The highest BCUT2D eigenvalue weighted by Gasteiger charge is 1.84. The van der Waals surface area contributed by atoms with Crippen LogP contribution in [0.4, 0.5) is 0 Å². The molecule has 0 heterocycles. The lowest BCUT2D eigenvalue weighted by Crippen LogP contribution is -2.23. The van der Waals surface area contributed by atoms with E-state index in [0.29, 0.717) is 0 Å². The van der Waals surface area contributed by atoms with Crippen LogP contribution < -0.4 is 11.2 Å². The molecule has 0 aliphatic rings. The zero-order chi connectivity index (χ0) is 11.1. The van der Waals surface area contributed by atoms with Crippen LogP contribution in [0.15, 0.2) is 35.4 Å². The van der Waals surface area contributed by atoms with Gasteiger partial charge in [-0.3, -0.25) is 5.43 Å². The third-order valence-electron chi connectivity index (χ3n) is 1.70. The number of hydrogen-bond donors (Lipinski definition) is 2. The molecule has 4 heteroatoms. The fourth-order valence-corrected chi connectivity index (χ4v) is 1.03. The van der Waals surface area contributed by atoms with Crippen LogP contribution in [-0.4, -0.2) is 11.3 Å². The minimum Gasteiger partial charge on any atom is -0.375 e. The Bertz CT molecular complexity index is 379. The minimum absolute atomic E-state index is 0.162. The van der Waals surface area contributed by atoms with Gasteiger partial charge in [-0.05, 0) is 30.8 Å². The van der Waals surface area contributed by atoms with E-state index >= 15 is 0 Å². The summed E-state index contributed by atoms with van der Waals surface area (Å²) in [5, 5.41) is 3.94. The fraction of sp³-hybridized carbons (Fsp3) is 0.0909. The first-order valence-electron chi connectivity index (χ1n) is 4.50. The molecule has 1 rings (SSSR count). The van der Waals surface area contributed by atoms with Gasteiger partial charge >= 0.3 is 0 Å². The molecule has 0 saturated carbocycles. The van der Waals surface area contributed by atoms with Crippen molar-refractivity contribution in [2.45, 2.75) is 6.92 Å². The zero-order valence-corrected chi connectivity index (χ0v) is 9.29. The van der Waals surface area contributed by atoms with E-state index in [9.17, 15) is 0 Å². The van der Waals surface area contributed by atoms with E-state index in [4.69, 9.17) is 5.73 Å². The number of nitrogens with two attached hydrogens (primary N) is 1. The monoisotopic (exact) mass is 219 g/mol. The van der Waals surface area contributed by atoms with Gasteiger partial charge in [-0.2, -0.15) is 5.10 Å². The van der Waals surface area contributed by atoms with Gasteiger partial charge in [-0.15, -0.1) is 0 Å². The van der Waals surface area contributed by atoms with Crippen molar-refractivity contribution in [3.8, 4) is 0 Å². The largest absolute Gasteiger partial charge is 0.375 e. The summed E-state index contributed by atoms with van der Waals surface area (Å²) in [6.07, 6.45) is 5.36. The zero-order valence-electron chi connectivity index (χ0n) is 8.47. The number of rotatable bonds is 3. The highest BCUT2D eigenvalue weighted by atomic mass is 32.1. The Kier molecular flexibility index (Phi) is 4.50. The Labute approximate surface area is 94.7 Å². The number of allylic oxidation sites excluding steroid dienone is 1. The molecule has 3 N–H and O–H groups in total. The van der Waals surface area contributed by atoms with Crippen molar-refractivity contribution in [2.75, 3.05) is 0 Å². The Morgan fingerprint density at radius 2 is 2.07 bits per heavy atom. The van der Waals surface area contributed by atoms with Crippen LogP contribution in [0.5, 0.6) is 0 Å². The number of benzene rings is 1.